The normalized spacial score (nSPS) is 20.6. The SMILES string of the molecule is N#CC1(C#N)C(c2ccc(Cl)cc2)NN(C(O)c2ccc(Cl)cc2)C1(C#N)C#N. The number of hydrazine groups is 1. The molecule has 0 amide bonds. The number of aliphatic hydroxyl groups excluding tert-OH is 1. The van der Waals surface area contributed by atoms with Crippen LogP contribution in [0.25, 0.3) is 0 Å². The van der Waals surface area contributed by atoms with E-state index in [2.05, 4.69) is 5.43 Å². The molecule has 0 saturated carbocycles. The van der Waals surface area contributed by atoms with Crippen molar-refractivity contribution in [3.05, 3.63) is 69.7 Å². The molecule has 29 heavy (non-hydrogen) atoms. The van der Waals surface area contributed by atoms with Crippen LogP contribution in [-0.4, -0.2) is 15.7 Å². The second kappa shape index (κ2) is 7.70. The predicted molar refractivity (Wildman–Crippen MR) is 103 cm³/mol. The summed E-state index contributed by atoms with van der Waals surface area (Å²) in [4.78, 5) is 0. The molecule has 2 unspecified atom stereocenters. The number of nitrogens with zero attached hydrogens (tertiary/aromatic N) is 5. The number of hydrogen-bond donors (Lipinski definition) is 2. The number of nitrogens with one attached hydrogen (secondary N) is 1. The Labute approximate surface area is 177 Å². The molecule has 9 heteroatoms. The van der Waals surface area contributed by atoms with Gasteiger partial charge >= 0.3 is 0 Å². The van der Waals surface area contributed by atoms with E-state index in [1.807, 2.05) is 12.1 Å². The van der Waals surface area contributed by atoms with E-state index >= 15 is 0 Å². The van der Waals surface area contributed by atoms with E-state index in [9.17, 15) is 26.2 Å². The molecule has 2 aromatic rings. The van der Waals surface area contributed by atoms with Gasteiger partial charge in [-0.3, -0.25) is 0 Å². The molecule has 0 aliphatic carbocycles. The molecule has 1 heterocycles. The Morgan fingerprint density at radius 3 is 1.79 bits per heavy atom. The Kier molecular flexibility index (Phi) is 5.47. The lowest BCUT2D eigenvalue weighted by atomic mass is 9.67. The topological polar surface area (TPSA) is 131 Å². The Bertz CT molecular complexity index is 1060. The second-order valence-electron chi connectivity index (χ2n) is 6.37. The fraction of sp³-hybridized carbons (Fsp3) is 0.200. The molecule has 0 bridgehead atoms. The highest BCUT2D eigenvalue weighted by atomic mass is 35.5. The minimum Gasteiger partial charge on any atom is -0.373 e. The van der Waals surface area contributed by atoms with Gasteiger partial charge < -0.3 is 5.11 Å². The van der Waals surface area contributed by atoms with Crippen LogP contribution in [0.15, 0.2) is 48.5 Å². The Balaban J connectivity index is 2.20. The Morgan fingerprint density at radius 1 is 0.862 bits per heavy atom. The number of rotatable bonds is 3. The number of hydrogen-bond acceptors (Lipinski definition) is 7. The second-order valence-corrected chi connectivity index (χ2v) is 7.25. The van der Waals surface area contributed by atoms with Crippen molar-refractivity contribution in [2.24, 2.45) is 5.41 Å². The number of nitriles is 4. The third-order valence-corrected chi connectivity index (χ3v) is 5.43. The smallest absolute Gasteiger partial charge is 0.244 e. The van der Waals surface area contributed by atoms with Crippen molar-refractivity contribution >= 4 is 23.2 Å². The van der Waals surface area contributed by atoms with Gasteiger partial charge in [-0.05, 0) is 35.4 Å². The third-order valence-electron chi connectivity index (χ3n) is 4.93. The average molecular weight is 423 g/mol. The number of halogens is 2. The van der Waals surface area contributed by atoms with E-state index < -0.39 is 23.2 Å². The zero-order chi connectivity index (χ0) is 21.2. The van der Waals surface area contributed by atoms with Gasteiger partial charge in [0.25, 0.3) is 0 Å². The molecule has 7 nitrogen and oxygen atoms in total. The average Bonchev–Trinajstić information content (AvgIpc) is 3.05. The molecule has 2 aromatic carbocycles. The van der Waals surface area contributed by atoms with Gasteiger partial charge in [0, 0.05) is 10.0 Å². The Morgan fingerprint density at radius 2 is 1.34 bits per heavy atom. The van der Waals surface area contributed by atoms with E-state index in [0.717, 1.165) is 5.01 Å². The van der Waals surface area contributed by atoms with E-state index in [4.69, 9.17) is 23.2 Å². The van der Waals surface area contributed by atoms with Crippen molar-refractivity contribution in [3.63, 3.8) is 0 Å². The van der Waals surface area contributed by atoms with Crippen molar-refractivity contribution in [1.82, 2.24) is 10.4 Å². The molecular weight excluding hydrogens is 411 g/mol. The summed E-state index contributed by atoms with van der Waals surface area (Å²) >= 11 is 11.8. The molecule has 3 rings (SSSR count). The van der Waals surface area contributed by atoms with Gasteiger partial charge in [-0.25, -0.2) is 5.43 Å². The maximum Gasteiger partial charge on any atom is 0.244 e. The summed E-state index contributed by atoms with van der Waals surface area (Å²) in [5, 5.41) is 52.5. The van der Waals surface area contributed by atoms with Crippen LogP contribution in [0.4, 0.5) is 0 Å². The van der Waals surface area contributed by atoms with Gasteiger partial charge in [-0.1, -0.05) is 47.5 Å². The lowest BCUT2D eigenvalue weighted by molar-refractivity contribution is -0.0526. The standard InChI is InChI=1S/C20H12Cl2N6O/c21-15-5-1-13(2-6-15)17-19(9-23,10-24)20(11-25,12-26)28(27-17)18(29)14-3-7-16(22)8-4-14/h1-8,17-18,27,29H. The molecule has 2 N–H and O–H groups in total. The molecule has 0 spiro atoms. The first-order valence-electron chi connectivity index (χ1n) is 8.28. The monoisotopic (exact) mass is 422 g/mol. The molecule has 1 aliphatic heterocycles. The maximum absolute atomic E-state index is 10.9. The minimum atomic E-state index is -2.31. The van der Waals surface area contributed by atoms with Gasteiger partial charge in [-0.2, -0.15) is 26.1 Å². The molecule has 0 radical (unpaired) electrons. The fourth-order valence-electron chi connectivity index (χ4n) is 3.37. The number of aliphatic hydroxyl groups is 1. The molecular formula is C20H12Cl2N6O. The molecule has 0 aromatic heterocycles. The van der Waals surface area contributed by atoms with E-state index in [1.54, 1.807) is 36.4 Å². The largest absolute Gasteiger partial charge is 0.373 e. The van der Waals surface area contributed by atoms with E-state index in [0.29, 0.717) is 21.2 Å². The highest BCUT2D eigenvalue weighted by Crippen LogP contribution is 2.52. The van der Waals surface area contributed by atoms with Gasteiger partial charge in [0.1, 0.15) is 18.4 Å². The van der Waals surface area contributed by atoms with Crippen LogP contribution in [0.2, 0.25) is 10.0 Å². The summed E-state index contributed by atoms with van der Waals surface area (Å²) in [5.41, 5.74) is -0.830. The van der Waals surface area contributed by atoms with Crippen LogP contribution in [0.3, 0.4) is 0 Å². The van der Waals surface area contributed by atoms with Crippen LogP contribution in [0.1, 0.15) is 23.4 Å². The van der Waals surface area contributed by atoms with Gasteiger partial charge in [0.05, 0.1) is 18.2 Å². The zero-order valence-electron chi connectivity index (χ0n) is 14.7. The molecule has 1 fully saturated rings. The lowest BCUT2D eigenvalue weighted by Gasteiger charge is -2.33. The van der Waals surface area contributed by atoms with Crippen LogP contribution < -0.4 is 5.43 Å². The maximum atomic E-state index is 10.9. The number of benzene rings is 2. The summed E-state index contributed by atoms with van der Waals surface area (Å²) in [6, 6.07) is 18.6. The van der Waals surface area contributed by atoms with Crippen molar-refractivity contribution in [3.8, 4) is 24.3 Å². The molecule has 1 saturated heterocycles. The van der Waals surface area contributed by atoms with Gasteiger partial charge in [0.2, 0.25) is 11.0 Å². The van der Waals surface area contributed by atoms with E-state index in [-0.39, 0.29) is 0 Å². The van der Waals surface area contributed by atoms with Gasteiger partial charge in [0.15, 0.2) is 0 Å². The quantitative estimate of drug-likeness (QED) is 0.774. The minimum absolute atomic E-state index is 0.318. The summed E-state index contributed by atoms with van der Waals surface area (Å²) < 4.78 is 0. The zero-order valence-corrected chi connectivity index (χ0v) is 16.2. The fourth-order valence-corrected chi connectivity index (χ4v) is 3.63. The first-order chi connectivity index (χ1) is 13.9. The first kappa shape index (κ1) is 20.6. The summed E-state index contributed by atoms with van der Waals surface area (Å²) in [6.07, 6.45) is -1.51. The van der Waals surface area contributed by atoms with Crippen molar-refractivity contribution in [2.75, 3.05) is 0 Å². The molecule has 142 valence electrons. The van der Waals surface area contributed by atoms with Crippen molar-refractivity contribution in [1.29, 1.82) is 21.0 Å². The van der Waals surface area contributed by atoms with Crippen LogP contribution >= 0.6 is 23.2 Å². The van der Waals surface area contributed by atoms with Crippen LogP contribution in [0.5, 0.6) is 0 Å². The highest BCUT2D eigenvalue weighted by Gasteiger charge is 2.70. The Hall–Kier alpha value is -3.14. The van der Waals surface area contributed by atoms with E-state index in [1.165, 1.54) is 24.3 Å². The lowest BCUT2D eigenvalue weighted by Crippen LogP contribution is -2.54. The highest BCUT2D eigenvalue weighted by molar-refractivity contribution is 6.30. The molecule has 2 atom stereocenters. The van der Waals surface area contributed by atoms with Crippen LogP contribution in [-0.2, 0) is 0 Å². The summed E-state index contributed by atoms with van der Waals surface area (Å²) in [6.45, 7) is 0. The summed E-state index contributed by atoms with van der Waals surface area (Å²) in [5.74, 6) is 0. The molecule has 1 aliphatic rings. The first-order valence-corrected chi connectivity index (χ1v) is 9.04. The van der Waals surface area contributed by atoms with Crippen LogP contribution in [0, 0.1) is 50.7 Å². The summed E-state index contributed by atoms with van der Waals surface area (Å²) in [7, 11) is 0. The van der Waals surface area contributed by atoms with Crippen molar-refractivity contribution in [2.45, 2.75) is 17.8 Å². The third kappa shape index (κ3) is 3.00. The van der Waals surface area contributed by atoms with Gasteiger partial charge in [-0.15, -0.1) is 0 Å². The predicted octanol–water partition coefficient (Wildman–Crippen LogP) is 3.37. The van der Waals surface area contributed by atoms with Crippen molar-refractivity contribution < 1.29 is 5.11 Å².